The molecule has 0 saturated heterocycles. The van der Waals surface area contributed by atoms with Crippen LogP contribution in [0.2, 0.25) is 0 Å². The number of benzene rings is 3. The summed E-state index contributed by atoms with van der Waals surface area (Å²) in [6.45, 7) is 7.20. The summed E-state index contributed by atoms with van der Waals surface area (Å²) in [5.74, 6) is -0.443. The molecule has 7 heteroatoms. The number of para-hydroxylation sites is 1. The maximum absolute atomic E-state index is 13.0. The number of hydrogen-bond acceptors (Lipinski definition) is 6. The van der Waals surface area contributed by atoms with E-state index in [-0.39, 0.29) is 23.2 Å². The molecule has 166 valence electrons. The normalized spacial score (nSPS) is 14.5. The van der Waals surface area contributed by atoms with Crippen LogP contribution in [0.1, 0.15) is 35.3 Å². The molecule has 0 aromatic heterocycles. The highest BCUT2D eigenvalue weighted by Crippen LogP contribution is 2.36. The Labute approximate surface area is 192 Å². The van der Waals surface area contributed by atoms with Crippen molar-refractivity contribution in [2.45, 2.75) is 27.7 Å². The molecular weight excluding hydrogens is 416 g/mol. The van der Waals surface area contributed by atoms with Gasteiger partial charge in [-0.15, -0.1) is 0 Å². The molecule has 4 rings (SSSR count). The molecule has 1 aliphatic rings. The van der Waals surface area contributed by atoms with Crippen LogP contribution in [0.4, 0.5) is 11.4 Å². The van der Waals surface area contributed by atoms with Crippen molar-refractivity contribution < 1.29 is 14.7 Å². The topological polar surface area (TPSA) is 94.4 Å². The van der Waals surface area contributed by atoms with Gasteiger partial charge in [0.05, 0.1) is 17.1 Å². The number of carbonyl (C=O) groups is 2. The minimum Gasteiger partial charge on any atom is -0.505 e. The molecule has 1 amide bonds. The molecule has 1 aliphatic heterocycles. The summed E-state index contributed by atoms with van der Waals surface area (Å²) in [7, 11) is 0. The summed E-state index contributed by atoms with van der Waals surface area (Å²) in [6, 6.07) is 17.9. The fraction of sp³-hybridized carbons (Fsp3) is 0.154. The highest BCUT2D eigenvalue weighted by atomic mass is 16.3. The molecule has 2 N–H and O–H groups in total. The monoisotopic (exact) mass is 440 g/mol. The molecule has 0 aliphatic carbocycles. The van der Waals surface area contributed by atoms with Crippen LogP contribution >= 0.6 is 0 Å². The molecule has 0 bridgehead atoms. The van der Waals surface area contributed by atoms with Gasteiger partial charge in [-0.3, -0.25) is 15.0 Å². The van der Waals surface area contributed by atoms with E-state index in [0.717, 1.165) is 11.1 Å². The van der Waals surface area contributed by atoms with Gasteiger partial charge >= 0.3 is 5.91 Å². The number of carbonyl (C=O) groups excluding carboxylic acids is 2. The van der Waals surface area contributed by atoms with E-state index in [2.05, 4.69) is 15.6 Å². The number of nitrogens with one attached hydrogen (secondary N) is 1. The quantitative estimate of drug-likeness (QED) is 0.329. The van der Waals surface area contributed by atoms with E-state index in [4.69, 9.17) is 0 Å². The van der Waals surface area contributed by atoms with Crippen LogP contribution in [-0.2, 0) is 4.79 Å². The number of ketones is 1. The number of Topliss-reactive ketones (excluding diaryl/α,β-unsaturated/α-hetero) is 1. The fourth-order valence-electron chi connectivity index (χ4n) is 3.55. The molecule has 0 atom stereocenters. The Morgan fingerprint density at radius 3 is 2.48 bits per heavy atom. The Bertz CT molecular complexity index is 1340. The van der Waals surface area contributed by atoms with Crippen LogP contribution in [0.15, 0.2) is 70.9 Å². The van der Waals surface area contributed by atoms with E-state index in [1.54, 1.807) is 43.3 Å². The summed E-state index contributed by atoms with van der Waals surface area (Å²) in [5, 5.41) is 20.7. The average molecular weight is 441 g/mol. The molecular formula is C26H24N4O3. The Balaban J connectivity index is 1.61. The predicted octanol–water partition coefficient (Wildman–Crippen LogP) is 5.07. The number of hydrogen-bond donors (Lipinski definition) is 2. The van der Waals surface area contributed by atoms with E-state index in [9.17, 15) is 14.7 Å². The van der Waals surface area contributed by atoms with Crippen LogP contribution in [0, 0.1) is 13.8 Å². The third kappa shape index (κ3) is 4.25. The number of phenols is 1. The van der Waals surface area contributed by atoms with Crippen molar-refractivity contribution in [3.05, 3.63) is 77.4 Å². The molecule has 0 unspecified atom stereocenters. The smallest absolute Gasteiger partial charge is 0.301 e. The van der Waals surface area contributed by atoms with E-state index < -0.39 is 0 Å². The minimum absolute atomic E-state index is 0.0337. The van der Waals surface area contributed by atoms with Gasteiger partial charge in [0.25, 0.3) is 0 Å². The van der Waals surface area contributed by atoms with Gasteiger partial charge in [-0.25, -0.2) is 0 Å². The average Bonchev–Trinajstić information content (AvgIpc) is 3.08. The Hall–Kier alpha value is -4.26. The molecule has 7 nitrogen and oxygen atoms in total. The van der Waals surface area contributed by atoms with Crippen LogP contribution in [0.25, 0.3) is 11.1 Å². The molecule has 0 saturated carbocycles. The van der Waals surface area contributed by atoms with Gasteiger partial charge in [0.2, 0.25) is 0 Å². The van der Waals surface area contributed by atoms with Gasteiger partial charge < -0.3 is 5.11 Å². The molecule has 33 heavy (non-hydrogen) atoms. The van der Waals surface area contributed by atoms with Crippen LogP contribution in [-0.4, -0.2) is 28.2 Å². The first kappa shape index (κ1) is 22.0. The number of phenolic OH excluding ortho intramolecular Hbond substituents is 1. The second kappa shape index (κ2) is 8.70. The maximum Gasteiger partial charge on any atom is 0.301 e. The number of anilines is 2. The first-order chi connectivity index (χ1) is 15.8. The van der Waals surface area contributed by atoms with Crippen LogP contribution < -0.4 is 10.4 Å². The minimum atomic E-state index is -0.354. The lowest BCUT2D eigenvalue weighted by molar-refractivity contribution is -0.112. The van der Waals surface area contributed by atoms with E-state index in [0.29, 0.717) is 33.8 Å². The van der Waals surface area contributed by atoms with E-state index in [1.165, 1.54) is 11.9 Å². The van der Waals surface area contributed by atoms with Crippen molar-refractivity contribution in [3.8, 4) is 16.9 Å². The van der Waals surface area contributed by atoms with Gasteiger partial charge in [-0.2, -0.15) is 15.2 Å². The Morgan fingerprint density at radius 1 is 1.00 bits per heavy atom. The summed E-state index contributed by atoms with van der Waals surface area (Å²) < 4.78 is 0. The van der Waals surface area contributed by atoms with Gasteiger partial charge in [0.1, 0.15) is 5.75 Å². The Kier molecular flexibility index (Phi) is 5.79. The number of aromatic hydroxyl groups is 1. The zero-order valence-electron chi connectivity index (χ0n) is 18.9. The van der Waals surface area contributed by atoms with E-state index in [1.807, 2.05) is 38.1 Å². The number of nitrogens with zero attached hydrogens (tertiary/aromatic N) is 3. The third-order valence-electron chi connectivity index (χ3n) is 5.63. The SMILES string of the molecule is CC(=O)c1cccc(-c2cccc(N/N=C3/C(=O)N(c4ccc(C)c(C)c4)N=C3C)c2O)c1. The number of amides is 1. The first-order valence-electron chi connectivity index (χ1n) is 10.5. The van der Waals surface area contributed by atoms with Crippen molar-refractivity contribution in [2.24, 2.45) is 10.2 Å². The molecule has 0 fully saturated rings. The fourth-order valence-corrected chi connectivity index (χ4v) is 3.55. The maximum atomic E-state index is 13.0. The van der Waals surface area contributed by atoms with Crippen molar-refractivity contribution in [2.75, 3.05) is 10.4 Å². The second-order valence-electron chi connectivity index (χ2n) is 7.98. The summed E-state index contributed by atoms with van der Waals surface area (Å²) >= 11 is 0. The molecule has 0 spiro atoms. The predicted molar refractivity (Wildman–Crippen MR) is 131 cm³/mol. The summed E-state index contributed by atoms with van der Waals surface area (Å²) in [5.41, 5.74) is 8.43. The lowest BCUT2D eigenvalue weighted by Gasteiger charge is -2.13. The first-order valence-corrected chi connectivity index (χ1v) is 10.5. The third-order valence-corrected chi connectivity index (χ3v) is 5.63. The highest BCUT2D eigenvalue weighted by Gasteiger charge is 2.31. The second-order valence-corrected chi connectivity index (χ2v) is 7.98. The number of rotatable bonds is 5. The van der Waals surface area contributed by atoms with Crippen molar-refractivity contribution >= 4 is 34.5 Å². The zero-order valence-corrected chi connectivity index (χ0v) is 18.9. The van der Waals surface area contributed by atoms with Crippen LogP contribution in [0.5, 0.6) is 5.75 Å². The van der Waals surface area contributed by atoms with Crippen molar-refractivity contribution in [1.29, 1.82) is 0 Å². The number of hydrazone groups is 2. The lowest BCUT2D eigenvalue weighted by atomic mass is 10.0. The van der Waals surface area contributed by atoms with Gasteiger partial charge in [-0.1, -0.05) is 36.4 Å². The summed E-state index contributed by atoms with van der Waals surface area (Å²) in [6.07, 6.45) is 0. The standard InChI is InChI=1S/C26H24N4O3/c1-15-11-12-21(13-16(15)2)30-26(33)24(17(3)29-30)28-27-23-10-6-9-22(25(23)32)20-8-5-7-19(14-20)18(4)31/h5-14,27,32H,1-4H3/b28-24+. The molecule has 3 aromatic carbocycles. The van der Waals surface area contributed by atoms with Crippen LogP contribution in [0.3, 0.4) is 0 Å². The molecule has 0 radical (unpaired) electrons. The Morgan fingerprint density at radius 2 is 1.76 bits per heavy atom. The number of aryl methyl sites for hydroxylation is 2. The van der Waals surface area contributed by atoms with Crippen molar-refractivity contribution in [3.63, 3.8) is 0 Å². The van der Waals surface area contributed by atoms with Gasteiger partial charge in [0, 0.05) is 11.1 Å². The van der Waals surface area contributed by atoms with Gasteiger partial charge in [0.15, 0.2) is 11.5 Å². The largest absolute Gasteiger partial charge is 0.505 e. The highest BCUT2D eigenvalue weighted by molar-refractivity contribution is 6.71. The van der Waals surface area contributed by atoms with Gasteiger partial charge in [-0.05, 0) is 68.7 Å². The molecule has 3 aromatic rings. The zero-order chi connectivity index (χ0) is 23.7. The van der Waals surface area contributed by atoms with E-state index >= 15 is 0 Å². The van der Waals surface area contributed by atoms with Crippen molar-refractivity contribution in [1.82, 2.24) is 0 Å². The summed E-state index contributed by atoms with van der Waals surface area (Å²) in [4.78, 5) is 24.7. The lowest BCUT2D eigenvalue weighted by Crippen LogP contribution is -2.28. The molecule has 1 heterocycles.